The monoisotopic (exact) mass is 350 g/mol. The number of amides is 2. The van der Waals surface area contributed by atoms with E-state index >= 15 is 0 Å². The molecule has 0 unspecified atom stereocenters. The summed E-state index contributed by atoms with van der Waals surface area (Å²) in [6.45, 7) is 1.95. The smallest absolute Gasteiger partial charge is 0.262 e. The van der Waals surface area contributed by atoms with Crippen LogP contribution in [0.1, 0.15) is 36.8 Å². The van der Waals surface area contributed by atoms with Crippen LogP contribution in [-0.2, 0) is 15.0 Å². The van der Waals surface area contributed by atoms with Crippen molar-refractivity contribution in [3.05, 3.63) is 53.6 Å². The minimum Gasteiger partial charge on any atom is -0.484 e. The summed E-state index contributed by atoms with van der Waals surface area (Å²) >= 11 is 0. The number of fused-ring (bicyclic) bond motifs is 2. The molecule has 1 fully saturated rings. The molecule has 26 heavy (non-hydrogen) atoms. The fourth-order valence-corrected chi connectivity index (χ4v) is 3.95. The summed E-state index contributed by atoms with van der Waals surface area (Å²) in [4.78, 5) is 24.7. The molecule has 0 radical (unpaired) electrons. The van der Waals surface area contributed by atoms with Crippen LogP contribution in [0.25, 0.3) is 0 Å². The molecule has 2 aromatic rings. The number of hydrogen-bond donors (Lipinski definition) is 2. The van der Waals surface area contributed by atoms with Gasteiger partial charge in [-0.15, -0.1) is 0 Å². The fourth-order valence-electron chi connectivity index (χ4n) is 3.95. The topological polar surface area (TPSA) is 67.4 Å². The molecule has 134 valence electrons. The van der Waals surface area contributed by atoms with Crippen molar-refractivity contribution in [1.82, 2.24) is 0 Å². The SMILES string of the molecule is Cc1ccc(OCC(=O)Nc2ccc3c(c2)C2(CCCC2)C(=O)N3)cc1. The van der Waals surface area contributed by atoms with Crippen molar-refractivity contribution in [1.29, 1.82) is 0 Å². The summed E-state index contributed by atoms with van der Waals surface area (Å²) in [5, 5.41) is 5.86. The Morgan fingerprint density at radius 2 is 1.88 bits per heavy atom. The zero-order valence-electron chi connectivity index (χ0n) is 14.8. The van der Waals surface area contributed by atoms with Gasteiger partial charge >= 0.3 is 0 Å². The minimum atomic E-state index is -0.408. The third-order valence-corrected chi connectivity index (χ3v) is 5.35. The normalized spacial score (nSPS) is 17.0. The molecule has 2 amide bonds. The van der Waals surface area contributed by atoms with Gasteiger partial charge < -0.3 is 15.4 Å². The number of rotatable bonds is 4. The maximum atomic E-state index is 12.5. The molecule has 0 bridgehead atoms. The van der Waals surface area contributed by atoms with Gasteiger partial charge in [0, 0.05) is 11.4 Å². The van der Waals surface area contributed by atoms with Gasteiger partial charge in [-0.05, 0) is 55.7 Å². The molecule has 2 aromatic carbocycles. The molecule has 1 heterocycles. The van der Waals surface area contributed by atoms with E-state index in [0.717, 1.165) is 42.5 Å². The number of benzene rings is 2. The Morgan fingerprint density at radius 3 is 2.62 bits per heavy atom. The predicted molar refractivity (Wildman–Crippen MR) is 101 cm³/mol. The molecular weight excluding hydrogens is 328 g/mol. The number of ether oxygens (including phenoxy) is 1. The largest absolute Gasteiger partial charge is 0.484 e. The zero-order chi connectivity index (χ0) is 18.1. The Labute approximate surface area is 152 Å². The van der Waals surface area contributed by atoms with E-state index in [2.05, 4.69) is 10.6 Å². The van der Waals surface area contributed by atoms with Crippen molar-refractivity contribution in [2.45, 2.75) is 38.0 Å². The number of carbonyl (C=O) groups excluding carboxylic acids is 2. The molecule has 2 aliphatic rings. The molecule has 4 rings (SSSR count). The zero-order valence-corrected chi connectivity index (χ0v) is 14.8. The molecule has 1 aliphatic heterocycles. The molecule has 0 atom stereocenters. The quantitative estimate of drug-likeness (QED) is 0.882. The molecule has 2 N–H and O–H groups in total. The Morgan fingerprint density at radius 1 is 1.15 bits per heavy atom. The van der Waals surface area contributed by atoms with E-state index in [9.17, 15) is 9.59 Å². The van der Waals surface area contributed by atoms with Crippen LogP contribution < -0.4 is 15.4 Å². The van der Waals surface area contributed by atoms with E-state index in [0.29, 0.717) is 11.4 Å². The third-order valence-electron chi connectivity index (χ3n) is 5.35. The highest BCUT2D eigenvalue weighted by Crippen LogP contribution is 2.49. The predicted octanol–water partition coefficient (Wildman–Crippen LogP) is 3.78. The maximum absolute atomic E-state index is 12.5. The third kappa shape index (κ3) is 2.94. The standard InChI is InChI=1S/C21H22N2O3/c1-14-4-7-16(8-5-14)26-13-19(24)22-15-6-9-18-17(12-15)21(20(25)23-18)10-2-3-11-21/h4-9,12H,2-3,10-11,13H2,1H3,(H,22,24)(H,23,25). The van der Waals surface area contributed by atoms with Crippen LogP contribution >= 0.6 is 0 Å². The first-order chi connectivity index (χ1) is 12.6. The number of anilines is 2. The summed E-state index contributed by atoms with van der Waals surface area (Å²) in [5.41, 5.74) is 3.31. The average molecular weight is 350 g/mol. The van der Waals surface area contributed by atoms with Gasteiger partial charge in [0.25, 0.3) is 5.91 Å². The van der Waals surface area contributed by atoms with Crippen molar-refractivity contribution in [2.75, 3.05) is 17.2 Å². The van der Waals surface area contributed by atoms with Gasteiger partial charge in [-0.1, -0.05) is 30.5 Å². The first kappa shape index (κ1) is 16.6. The summed E-state index contributed by atoms with van der Waals surface area (Å²) in [5.74, 6) is 0.541. The molecule has 0 saturated heterocycles. The lowest BCUT2D eigenvalue weighted by Crippen LogP contribution is -2.31. The second-order valence-electron chi connectivity index (χ2n) is 7.15. The van der Waals surface area contributed by atoms with Gasteiger partial charge in [-0.25, -0.2) is 0 Å². The van der Waals surface area contributed by atoms with Crippen LogP contribution in [0.2, 0.25) is 0 Å². The van der Waals surface area contributed by atoms with Crippen molar-refractivity contribution >= 4 is 23.2 Å². The second-order valence-corrected chi connectivity index (χ2v) is 7.15. The Bertz CT molecular complexity index is 852. The number of nitrogens with one attached hydrogen (secondary N) is 2. The lowest BCUT2D eigenvalue weighted by molar-refractivity contribution is -0.120. The Hall–Kier alpha value is -2.82. The second kappa shape index (κ2) is 6.48. The van der Waals surface area contributed by atoms with Crippen LogP contribution in [0.15, 0.2) is 42.5 Å². The highest BCUT2D eigenvalue weighted by atomic mass is 16.5. The lowest BCUT2D eigenvalue weighted by atomic mass is 9.80. The first-order valence-corrected chi connectivity index (χ1v) is 9.02. The van der Waals surface area contributed by atoms with Gasteiger partial charge in [-0.3, -0.25) is 9.59 Å². The van der Waals surface area contributed by atoms with Gasteiger partial charge in [0.15, 0.2) is 6.61 Å². The summed E-state index contributed by atoms with van der Waals surface area (Å²) in [6.07, 6.45) is 3.88. The molecule has 1 spiro atoms. The van der Waals surface area contributed by atoms with E-state index in [1.807, 2.05) is 49.4 Å². The summed E-state index contributed by atoms with van der Waals surface area (Å²) < 4.78 is 5.52. The van der Waals surface area contributed by atoms with E-state index in [1.165, 1.54) is 0 Å². The van der Waals surface area contributed by atoms with Crippen molar-refractivity contribution in [3.63, 3.8) is 0 Å². The highest BCUT2D eigenvalue weighted by Gasteiger charge is 2.48. The molecule has 5 heteroatoms. The first-order valence-electron chi connectivity index (χ1n) is 9.02. The van der Waals surface area contributed by atoms with E-state index in [1.54, 1.807) is 0 Å². The van der Waals surface area contributed by atoms with Gasteiger partial charge in [-0.2, -0.15) is 0 Å². The number of hydrogen-bond acceptors (Lipinski definition) is 3. The highest BCUT2D eigenvalue weighted by molar-refractivity contribution is 6.07. The minimum absolute atomic E-state index is 0.0531. The van der Waals surface area contributed by atoms with Crippen molar-refractivity contribution in [3.8, 4) is 5.75 Å². The Balaban J connectivity index is 1.44. The number of carbonyl (C=O) groups is 2. The maximum Gasteiger partial charge on any atom is 0.262 e. The van der Waals surface area contributed by atoms with E-state index < -0.39 is 5.41 Å². The molecule has 1 aliphatic carbocycles. The van der Waals surface area contributed by atoms with Crippen LogP contribution in [-0.4, -0.2) is 18.4 Å². The summed E-state index contributed by atoms with van der Waals surface area (Å²) in [7, 11) is 0. The molecule has 1 saturated carbocycles. The Kier molecular flexibility index (Phi) is 4.15. The average Bonchev–Trinajstić information content (AvgIpc) is 3.22. The van der Waals surface area contributed by atoms with Gasteiger partial charge in [0.05, 0.1) is 5.41 Å². The molecular formula is C21H22N2O3. The van der Waals surface area contributed by atoms with Crippen LogP contribution in [0.4, 0.5) is 11.4 Å². The molecule has 0 aromatic heterocycles. The van der Waals surface area contributed by atoms with Gasteiger partial charge in [0.2, 0.25) is 5.91 Å². The molecule has 5 nitrogen and oxygen atoms in total. The van der Waals surface area contributed by atoms with Crippen molar-refractivity contribution in [2.24, 2.45) is 0 Å². The van der Waals surface area contributed by atoms with Gasteiger partial charge in [0.1, 0.15) is 5.75 Å². The van der Waals surface area contributed by atoms with Crippen LogP contribution in [0, 0.1) is 6.92 Å². The number of aryl methyl sites for hydroxylation is 1. The fraction of sp³-hybridized carbons (Fsp3) is 0.333. The van der Waals surface area contributed by atoms with Crippen LogP contribution in [0.5, 0.6) is 5.75 Å². The van der Waals surface area contributed by atoms with E-state index in [-0.39, 0.29) is 18.4 Å². The summed E-state index contributed by atoms with van der Waals surface area (Å²) in [6, 6.07) is 13.2. The van der Waals surface area contributed by atoms with Crippen molar-refractivity contribution < 1.29 is 14.3 Å². The van der Waals surface area contributed by atoms with E-state index in [4.69, 9.17) is 4.74 Å². The lowest BCUT2D eigenvalue weighted by Gasteiger charge is -2.21. The van der Waals surface area contributed by atoms with Crippen LogP contribution in [0.3, 0.4) is 0 Å².